The first kappa shape index (κ1) is 30.4. The summed E-state index contributed by atoms with van der Waals surface area (Å²) >= 11 is 0. The van der Waals surface area contributed by atoms with E-state index in [1.807, 2.05) is 0 Å². The van der Waals surface area contributed by atoms with Crippen molar-refractivity contribution in [2.75, 3.05) is 0 Å². The summed E-state index contributed by atoms with van der Waals surface area (Å²) in [5.41, 5.74) is 0. The second kappa shape index (κ2) is 17.5. The van der Waals surface area contributed by atoms with Gasteiger partial charge in [0.15, 0.2) is 0 Å². The quantitative estimate of drug-likeness (QED) is 0.226. The fourth-order valence-electron chi connectivity index (χ4n) is 0. The molecular formula is H5KLiOP. The van der Waals surface area contributed by atoms with Gasteiger partial charge >= 0.3 is 70.2 Å². The normalized spacial score (nSPS) is 0. The van der Waals surface area contributed by atoms with Crippen LogP contribution in [0.4, 0.5) is 0 Å². The fourth-order valence-corrected chi connectivity index (χ4v) is 0. The molecule has 0 aromatic carbocycles. The molecule has 0 aromatic heterocycles. The smallest absolute Gasteiger partial charge is 0.870 e. The van der Waals surface area contributed by atoms with E-state index < -0.39 is 0 Å². The monoisotopic (exact) mass is 98.0 g/mol. The second-order valence-electron chi connectivity index (χ2n) is 0. The van der Waals surface area contributed by atoms with E-state index in [2.05, 4.69) is 0 Å². The molecule has 0 spiro atoms. The van der Waals surface area contributed by atoms with E-state index in [9.17, 15) is 0 Å². The zero-order valence-electron chi connectivity index (χ0n) is 2.15. The molecule has 0 heterocycles. The average Bonchev–Trinajstić information content (AvgIpc) is 0. The number of rotatable bonds is 0. The largest absolute Gasteiger partial charge is 0.870 e. The Kier molecular flexibility index (Phi) is 133. The van der Waals surface area contributed by atoms with E-state index in [0.29, 0.717) is 0 Å². The predicted molar refractivity (Wildman–Crippen MR) is 20.2 cm³/mol. The molecule has 0 rings (SSSR count). The molecule has 0 aromatic rings. The first-order valence-corrected chi connectivity index (χ1v) is 0. The molecule has 0 saturated carbocycles. The Hall–Kier alpha value is 2.62. The molecule has 0 radical (unpaired) electrons. The molecule has 4 heavy (non-hydrogen) atoms. The van der Waals surface area contributed by atoms with Crippen LogP contribution in [0.5, 0.6) is 0 Å². The van der Waals surface area contributed by atoms with Crippen LogP contribution in [0.1, 0.15) is 0 Å². The van der Waals surface area contributed by atoms with Crippen molar-refractivity contribution in [3.8, 4) is 0 Å². The van der Waals surface area contributed by atoms with Gasteiger partial charge in [0.1, 0.15) is 0 Å². The molecule has 0 saturated heterocycles. The molecule has 0 amide bonds. The Labute approximate surface area is 83.8 Å². The maximum atomic E-state index is 0. The minimum atomic E-state index is 0. The third-order valence-electron chi connectivity index (χ3n) is 0. The van der Waals surface area contributed by atoms with Gasteiger partial charge in [-0.1, -0.05) is 0 Å². The Bertz CT molecular complexity index is 8.00. The van der Waals surface area contributed by atoms with E-state index in [1.54, 1.807) is 0 Å². The molecule has 1 N–H and O–H groups in total. The standard InChI is InChI=1S/K.Li.H2O.H3P.H/h;;1H2;1H3;/q+1;;;;/p-1. The average molecular weight is 98.1 g/mol. The number of hydrogen-bond acceptors (Lipinski definition) is 1. The topological polar surface area (TPSA) is 30.0 Å². The molecule has 18 valence electrons. The van der Waals surface area contributed by atoms with Gasteiger partial charge in [-0.05, 0) is 0 Å². The SMILES string of the molecule is P.[K+].[LiH].[OH-]. The third kappa shape index (κ3) is 8.82. The van der Waals surface area contributed by atoms with E-state index in [-0.39, 0.29) is 85.6 Å². The van der Waals surface area contributed by atoms with Crippen molar-refractivity contribution in [2.24, 2.45) is 0 Å². The molecule has 0 aliphatic rings. The second-order valence-corrected chi connectivity index (χ2v) is 0. The van der Waals surface area contributed by atoms with E-state index in [0.717, 1.165) is 0 Å². The van der Waals surface area contributed by atoms with Crippen LogP contribution in [0.25, 0.3) is 0 Å². The van der Waals surface area contributed by atoms with Gasteiger partial charge in [-0.3, -0.25) is 0 Å². The van der Waals surface area contributed by atoms with Crippen molar-refractivity contribution < 1.29 is 56.9 Å². The summed E-state index contributed by atoms with van der Waals surface area (Å²) in [5, 5.41) is 0. The van der Waals surface area contributed by atoms with Gasteiger partial charge < -0.3 is 5.48 Å². The van der Waals surface area contributed by atoms with E-state index in [1.165, 1.54) is 0 Å². The molecule has 4 heteroatoms. The molecule has 1 atom stereocenters. The summed E-state index contributed by atoms with van der Waals surface area (Å²) in [6.07, 6.45) is 0. The maximum Gasteiger partial charge on any atom is -0.870 e. The first-order valence-electron chi connectivity index (χ1n) is 0. The molecular weight excluding hydrogens is 93.0 g/mol. The zero-order valence-corrected chi connectivity index (χ0v) is 6.69. The minimum absolute atomic E-state index is 0. The molecule has 1 nitrogen and oxygen atoms in total. The van der Waals surface area contributed by atoms with Gasteiger partial charge in [-0.2, -0.15) is 9.90 Å². The molecule has 0 fully saturated rings. The molecule has 0 aliphatic heterocycles. The van der Waals surface area contributed by atoms with Crippen molar-refractivity contribution in [1.82, 2.24) is 0 Å². The van der Waals surface area contributed by atoms with Crippen molar-refractivity contribution in [3.63, 3.8) is 0 Å². The van der Waals surface area contributed by atoms with Crippen LogP contribution in [0.2, 0.25) is 0 Å². The van der Waals surface area contributed by atoms with E-state index >= 15 is 0 Å². The molecule has 0 bridgehead atoms. The summed E-state index contributed by atoms with van der Waals surface area (Å²) in [4.78, 5) is 0. The van der Waals surface area contributed by atoms with Crippen LogP contribution in [-0.4, -0.2) is 24.3 Å². The van der Waals surface area contributed by atoms with Gasteiger partial charge in [0.05, 0.1) is 0 Å². The van der Waals surface area contributed by atoms with Crippen LogP contribution in [-0.2, 0) is 0 Å². The summed E-state index contributed by atoms with van der Waals surface area (Å²) in [6, 6.07) is 0. The Morgan fingerprint density at radius 3 is 1.00 bits per heavy atom. The molecule has 0 aliphatic carbocycles. The van der Waals surface area contributed by atoms with Crippen LogP contribution < -0.4 is 51.4 Å². The van der Waals surface area contributed by atoms with Crippen LogP contribution in [0.15, 0.2) is 0 Å². The van der Waals surface area contributed by atoms with Gasteiger partial charge in [0.25, 0.3) is 0 Å². The third-order valence-corrected chi connectivity index (χ3v) is 0. The van der Waals surface area contributed by atoms with Crippen molar-refractivity contribution in [1.29, 1.82) is 0 Å². The van der Waals surface area contributed by atoms with Gasteiger partial charge in [-0.25, -0.2) is 0 Å². The fraction of sp³-hybridized carbons (Fsp3) is 0. The Balaban J connectivity index is 0. The van der Waals surface area contributed by atoms with Crippen LogP contribution >= 0.6 is 9.90 Å². The van der Waals surface area contributed by atoms with Crippen LogP contribution in [0.3, 0.4) is 0 Å². The zero-order chi connectivity index (χ0) is 0. The summed E-state index contributed by atoms with van der Waals surface area (Å²) in [7, 11) is 0. The first-order chi connectivity index (χ1) is 0. The predicted octanol–water partition coefficient (Wildman–Crippen LogP) is -3.76. The van der Waals surface area contributed by atoms with E-state index in [4.69, 9.17) is 0 Å². The van der Waals surface area contributed by atoms with Gasteiger partial charge in [0.2, 0.25) is 0 Å². The van der Waals surface area contributed by atoms with Crippen molar-refractivity contribution in [3.05, 3.63) is 0 Å². The summed E-state index contributed by atoms with van der Waals surface area (Å²) in [6.45, 7) is 0. The van der Waals surface area contributed by atoms with Gasteiger partial charge in [0, 0.05) is 0 Å². The van der Waals surface area contributed by atoms with Crippen molar-refractivity contribution >= 4 is 28.8 Å². The summed E-state index contributed by atoms with van der Waals surface area (Å²) in [5.74, 6) is 0. The van der Waals surface area contributed by atoms with Gasteiger partial charge in [-0.15, -0.1) is 0 Å². The van der Waals surface area contributed by atoms with Crippen LogP contribution in [0, 0.1) is 0 Å². The maximum absolute atomic E-state index is 0. The minimum Gasteiger partial charge on any atom is -0.870 e. The number of hydrogen-bond donors (Lipinski definition) is 0. The Morgan fingerprint density at radius 1 is 1.00 bits per heavy atom. The summed E-state index contributed by atoms with van der Waals surface area (Å²) < 4.78 is 0. The Morgan fingerprint density at radius 2 is 1.00 bits per heavy atom. The molecule has 1 unspecified atom stereocenters. The van der Waals surface area contributed by atoms with Crippen molar-refractivity contribution in [2.45, 2.75) is 0 Å².